The summed E-state index contributed by atoms with van der Waals surface area (Å²) in [6.45, 7) is 3.92. The number of hydrogen-bond acceptors (Lipinski definition) is 3. The number of carbonyl (C=O) groups excluding carboxylic acids is 1. The maximum absolute atomic E-state index is 13.3. The smallest absolute Gasteiger partial charge is 0.412 e. The summed E-state index contributed by atoms with van der Waals surface area (Å²) < 4.78 is 45.4. The molecule has 0 bridgehead atoms. The van der Waals surface area contributed by atoms with E-state index in [1.54, 1.807) is 14.0 Å². The molecular weight excluding hydrogens is 299 g/mol. The minimum absolute atomic E-state index is 0.231. The quantitative estimate of drug-likeness (QED) is 0.923. The van der Waals surface area contributed by atoms with Crippen LogP contribution in [0.5, 0.6) is 0 Å². The Morgan fingerprint density at radius 3 is 2.59 bits per heavy atom. The lowest BCUT2D eigenvalue weighted by atomic mass is 9.78. The van der Waals surface area contributed by atoms with Crippen molar-refractivity contribution in [1.29, 1.82) is 0 Å². The number of anilines is 1. The molecule has 22 heavy (non-hydrogen) atoms. The summed E-state index contributed by atoms with van der Waals surface area (Å²) in [5.74, 6) is -2.57. The van der Waals surface area contributed by atoms with Crippen molar-refractivity contribution in [3.63, 3.8) is 0 Å². The zero-order chi connectivity index (χ0) is 16.7. The van der Waals surface area contributed by atoms with Gasteiger partial charge in [-0.3, -0.25) is 10.00 Å². The van der Waals surface area contributed by atoms with E-state index in [9.17, 15) is 18.0 Å². The number of aromatic nitrogens is 2. The monoisotopic (exact) mass is 319 g/mol. The third-order valence-corrected chi connectivity index (χ3v) is 3.56. The van der Waals surface area contributed by atoms with Crippen molar-refractivity contribution in [2.75, 3.05) is 11.9 Å². The highest BCUT2D eigenvalue weighted by Crippen LogP contribution is 2.49. The first-order chi connectivity index (χ1) is 9.98. The molecular formula is C14H20F3N3O2. The van der Waals surface area contributed by atoms with Gasteiger partial charge in [-0.05, 0) is 20.8 Å². The molecule has 0 aliphatic heterocycles. The second-order valence-electron chi connectivity index (χ2n) is 6.36. The molecule has 0 aromatic carbocycles. The maximum atomic E-state index is 13.3. The van der Waals surface area contributed by atoms with Crippen molar-refractivity contribution >= 4 is 11.9 Å². The molecule has 124 valence electrons. The molecule has 5 nitrogen and oxygen atoms in total. The Balaban J connectivity index is 2.03. The number of nitrogens with zero attached hydrogens (tertiary/aromatic N) is 2. The number of aryl methyl sites for hydroxylation is 1. The Kier molecular flexibility index (Phi) is 4.14. The van der Waals surface area contributed by atoms with Gasteiger partial charge in [0, 0.05) is 31.4 Å². The molecule has 1 aromatic heterocycles. The van der Waals surface area contributed by atoms with Crippen LogP contribution in [0.4, 0.5) is 23.8 Å². The molecule has 1 saturated carbocycles. The van der Waals surface area contributed by atoms with Gasteiger partial charge < -0.3 is 4.74 Å². The van der Waals surface area contributed by atoms with Crippen LogP contribution in [-0.4, -0.2) is 34.1 Å². The summed E-state index contributed by atoms with van der Waals surface area (Å²) in [4.78, 5) is 11.7. The highest BCUT2D eigenvalue weighted by atomic mass is 19.3. The first-order valence-corrected chi connectivity index (χ1v) is 7.02. The third-order valence-electron chi connectivity index (χ3n) is 3.56. The van der Waals surface area contributed by atoms with Crippen molar-refractivity contribution in [2.24, 2.45) is 7.05 Å². The highest BCUT2D eigenvalue weighted by Gasteiger charge is 2.47. The van der Waals surface area contributed by atoms with E-state index in [2.05, 4.69) is 10.4 Å². The van der Waals surface area contributed by atoms with Crippen LogP contribution in [0.25, 0.3) is 0 Å². The Morgan fingerprint density at radius 2 is 2.09 bits per heavy atom. The first-order valence-electron chi connectivity index (χ1n) is 7.02. The van der Waals surface area contributed by atoms with E-state index in [-0.39, 0.29) is 25.4 Å². The van der Waals surface area contributed by atoms with Crippen molar-refractivity contribution in [2.45, 2.75) is 51.1 Å². The molecule has 1 aliphatic rings. The predicted molar refractivity (Wildman–Crippen MR) is 75.0 cm³/mol. The Hall–Kier alpha value is -1.73. The van der Waals surface area contributed by atoms with Crippen LogP contribution in [0.2, 0.25) is 0 Å². The number of rotatable bonds is 4. The average molecular weight is 319 g/mol. The SMILES string of the molecule is Cc1c(C2CC(F)(F)C2)nn(C)c1NC(=O)OCC(C)(C)F. The third kappa shape index (κ3) is 3.72. The van der Waals surface area contributed by atoms with E-state index in [1.165, 1.54) is 18.5 Å². The van der Waals surface area contributed by atoms with E-state index in [4.69, 9.17) is 4.74 Å². The number of nitrogens with one attached hydrogen (secondary N) is 1. The fraction of sp³-hybridized carbons (Fsp3) is 0.714. The highest BCUT2D eigenvalue weighted by molar-refractivity contribution is 5.84. The largest absolute Gasteiger partial charge is 0.446 e. The second-order valence-corrected chi connectivity index (χ2v) is 6.36. The molecule has 1 N–H and O–H groups in total. The second kappa shape index (κ2) is 5.48. The molecule has 0 spiro atoms. The minimum Gasteiger partial charge on any atom is -0.446 e. The van der Waals surface area contributed by atoms with Crippen LogP contribution >= 0.6 is 0 Å². The number of alkyl halides is 3. The fourth-order valence-corrected chi connectivity index (χ4v) is 2.44. The van der Waals surface area contributed by atoms with Crippen molar-refractivity contribution in [3.8, 4) is 0 Å². The number of ether oxygens (including phenoxy) is 1. The summed E-state index contributed by atoms with van der Waals surface area (Å²) in [7, 11) is 1.60. The van der Waals surface area contributed by atoms with Gasteiger partial charge in [0.15, 0.2) is 0 Å². The van der Waals surface area contributed by atoms with Crippen molar-refractivity contribution in [3.05, 3.63) is 11.3 Å². The molecule has 1 amide bonds. The molecule has 1 aromatic rings. The van der Waals surface area contributed by atoms with E-state index >= 15 is 0 Å². The number of amides is 1. The van der Waals surface area contributed by atoms with E-state index in [0.717, 1.165) is 0 Å². The van der Waals surface area contributed by atoms with Crippen LogP contribution in [0.3, 0.4) is 0 Å². The lowest BCUT2D eigenvalue weighted by Crippen LogP contribution is -2.34. The van der Waals surface area contributed by atoms with Gasteiger partial charge in [-0.25, -0.2) is 18.0 Å². The summed E-state index contributed by atoms with van der Waals surface area (Å²) in [6.07, 6.45) is -1.27. The zero-order valence-electron chi connectivity index (χ0n) is 13.0. The lowest BCUT2D eigenvalue weighted by molar-refractivity contribution is -0.0877. The first kappa shape index (κ1) is 16.6. The van der Waals surface area contributed by atoms with Gasteiger partial charge in [-0.2, -0.15) is 5.10 Å². The van der Waals surface area contributed by atoms with Crippen LogP contribution < -0.4 is 5.32 Å². The zero-order valence-corrected chi connectivity index (χ0v) is 13.0. The Bertz CT molecular complexity index is 571. The molecule has 1 heterocycles. The van der Waals surface area contributed by atoms with Gasteiger partial charge >= 0.3 is 6.09 Å². The van der Waals surface area contributed by atoms with Gasteiger partial charge in [-0.15, -0.1) is 0 Å². The van der Waals surface area contributed by atoms with E-state index in [0.29, 0.717) is 17.1 Å². The lowest BCUT2D eigenvalue weighted by Gasteiger charge is -2.34. The molecule has 8 heteroatoms. The van der Waals surface area contributed by atoms with E-state index < -0.39 is 17.7 Å². The molecule has 1 fully saturated rings. The van der Waals surface area contributed by atoms with Crippen molar-refractivity contribution in [1.82, 2.24) is 9.78 Å². The fourth-order valence-electron chi connectivity index (χ4n) is 2.44. The Labute approximate surface area is 126 Å². The molecule has 0 radical (unpaired) electrons. The molecule has 0 unspecified atom stereocenters. The van der Waals surface area contributed by atoms with Gasteiger partial charge in [0.25, 0.3) is 0 Å². The van der Waals surface area contributed by atoms with Crippen LogP contribution in [-0.2, 0) is 11.8 Å². The molecule has 2 rings (SSSR count). The maximum Gasteiger partial charge on any atom is 0.412 e. The summed E-state index contributed by atoms with van der Waals surface area (Å²) in [5, 5.41) is 6.68. The van der Waals surface area contributed by atoms with Gasteiger partial charge in [0.1, 0.15) is 18.1 Å². The van der Waals surface area contributed by atoms with Gasteiger partial charge in [0.2, 0.25) is 5.92 Å². The summed E-state index contributed by atoms with van der Waals surface area (Å²) in [6, 6.07) is 0. The topological polar surface area (TPSA) is 56.2 Å². The Morgan fingerprint density at radius 1 is 1.50 bits per heavy atom. The van der Waals surface area contributed by atoms with E-state index in [1.807, 2.05) is 0 Å². The van der Waals surface area contributed by atoms with Crippen LogP contribution in [0.15, 0.2) is 0 Å². The van der Waals surface area contributed by atoms with Crippen LogP contribution in [0.1, 0.15) is 43.9 Å². The molecule has 0 atom stereocenters. The summed E-state index contributed by atoms with van der Waals surface area (Å²) in [5.41, 5.74) is -0.448. The number of hydrogen-bond donors (Lipinski definition) is 1. The number of carbonyl (C=O) groups is 1. The van der Waals surface area contributed by atoms with Crippen molar-refractivity contribution < 1.29 is 22.7 Å². The van der Waals surface area contributed by atoms with Gasteiger partial charge in [-0.1, -0.05) is 0 Å². The van der Waals surface area contributed by atoms with Crippen LogP contribution in [0, 0.1) is 6.92 Å². The van der Waals surface area contributed by atoms with Gasteiger partial charge in [0.05, 0.1) is 5.69 Å². The predicted octanol–water partition coefficient (Wildman–Crippen LogP) is 3.54. The molecule has 0 saturated heterocycles. The number of halogens is 3. The minimum atomic E-state index is -2.63. The summed E-state index contributed by atoms with van der Waals surface area (Å²) >= 11 is 0. The average Bonchev–Trinajstić information content (AvgIpc) is 2.60. The molecule has 1 aliphatic carbocycles. The standard InChI is InChI=1S/C14H20F3N3O2/c1-8-10(9-5-14(16,17)6-9)19-20(4)11(8)18-12(21)22-7-13(2,3)15/h9H,5-7H2,1-4H3,(H,18,21). The normalized spacial score (nSPS) is 18.0.